The van der Waals surface area contributed by atoms with Gasteiger partial charge in [-0.25, -0.2) is 0 Å². The molecule has 1 aromatic heterocycles. The smallest absolute Gasteiger partial charge is 0.268 e. The van der Waals surface area contributed by atoms with E-state index in [4.69, 9.17) is 0 Å². The zero-order valence-electron chi connectivity index (χ0n) is 11.9. The van der Waals surface area contributed by atoms with Crippen molar-refractivity contribution in [2.24, 2.45) is 5.92 Å². The first-order chi connectivity index (χ1) is 9.51. The molecule has 1 unspecified atom stereocenters. The van der Waals surface area contributed by atoms with Gasteiger partial charge in [0.25, 0.3) is 5.91 Å². The number of carbonyl (C=O) groups excluding carboxylic acids is 1. The molecule has 0 bridgehead atoms. The molecule has 1 heterocycles. The van der Waals surface area contributed by atoms with Crippen LogP contribution in [0.15, 0.2) is 24.3 Å². The molecule has 0 radical (unpaired) electrons. The second-order valence-corrected chi connectivity index (χ2v) is 6.08. The lowest BCUT2D eigenvalue weighted by atomic mass is 9.97. The standard InChI is InChI=1S/C16H20N2O2/c1-10-3-4-11-8-14(17-13(11)7-10)15(20)18-16(2,9-19)12-5-6-12/h3-4,7-8,12,17,19H,5-6,9H2,1-2H3,(H,18,20). The average Bonchev–Trinajstić information content (AvgIpc) is 3.19. The number of nitrogens with one attached hydrogen (secondary N) is 2. The summed E-state index contributed by atoms with van der Waals surface area (Å²) in [5, 5.41) is 13.5. The van der Waals surface area contributed by atoms with Crippen molar-refractivity contribution < 1.29 is 9.90 Å². The average molecular weight is 272 g/mol. The molecule has 0 spiro atoms. The van der Waals surface area contributed by atoms with E-state index in [1.165, 1.54) is 0 Å². The highest BCUT2D eigenvalue weighted by Crippen LogP contribution is 2.39. The van der Waals surface area contributed by atoms with Crippen LogP contribution in [-0.2, 0) is 0 Å². The second kappa shape index (κ2) is 4.63. The molecule has 4 nitrogen and oxygen atoms in total. The number of benzene rings is 1. The van der Waals surface area contributed by atoms with Gasteiger partial charge >= 0.3 is 0 Å². The van der Waals surface area contributed by atoms with Crippen molar-refractivity contribution in [3.8, 4) is 0 Å². The molecule has 0 saturated heterocycles. The van der Waals surface area contributed by atoms with Crippen LogP contribution in [0.25, 0.3) is 10.9 Å². The third-order valence-corrected chi connectivity index (χ3v) is 4.23. The van der Waals surface area contributed by atoms with Crippen LogP contribution in [0.4, 0.5) is 0 Å². The number of rotatable bonds is 4. The maximum Gasteiger partial charge on any atom is 0.268 e. The molecule has 3 rings (SSSR count). The Morgan fingerprint density at radius 3 is 2.85 bits per heavy atom. The minimum Gasteiger partial charge on any atom is -0.394 e. The highest BCUT2D eigenvalue weighted by molar-refractivity contribution is 5.98. The fourth-order valence-electron chi connectivity index (χ4n) is 2.68. The Labute approximate surface area is 118 Å². The van der Waals surface area contributed by atoms with E-state index in [1.54, 1.807) is 0 Å². The van der Waals surface area contributed by atoms with E-state index in [1.807, 2.05) is 38.1 Å². The van der Waals surface area contributed by atoms with Crippen molar-refractivity contribution in [3.63, 3.8) is 0 Å². The van der Waals surface area contributed by atoms with Crippen molar-refractivity contribution in [1.82, 2.24) is 10.3 Å². The third kappa shape index (κ3) is 2.31. The number of aromatic amines is 1. The first kappa shape index (κ1) is 13.2. The summed E-state index contributed by atoms with van der Waals surface area (Å²) in [6.45, 7) is 3.91. The topological polar surface area (TPSA) is 65.1 Å². The van der Waals surface area contributed by atoms with Gasteiger partial charge < -0.3 is 15.4 Å². The fraction of sp³-hybridized carbons (Fsp3) is 0.438. The van der Waals surface area contributed by atoms with E-state index >= 15 is 0 Å². The fourth-order valence-corrected chi connectivity index (χ4v) is 2.68. The number of fused-ring (bicyclic) bond motifs is 1. The molecule has 1 aliphatic carbocycles. The summed E-state index contributed by atoms with van der Waals surface area (Å²) in [5.41, 5.74) is 2.16. The van der Waals surface area contributed by atoms with Crippen LogP contribution in [0.2, 0.25) is 0 Å². The van der Waals surface area contributed by atoms with Gasteiger partial charge in [0.1, 0.15) is 5.69 Å². The normalized spacial score (nSPS) is 17.9. The Bertz CT molecular complexity index is 658. The van der Waals surface area contributed by atoms with Crippen LogP contribution in [0, 0.1) is 12.8 Å². The summed E-state index contributed by atoms with van der Waals surface area (Å²) in [4.78, 5) is 15.5. The van der Waals surface area contributed by atoms with Crippen LogP contribution >= 0.6 is 0 Å². The monoisotopic (exact) mass is 272 g/mol. The molecule has 1 atom stereocenters. The van der Waals surface area contributed by atoms with Gasteiger partial charge in [-0.3, -0.25) is 4.79 Å². The first-order valence-electron chi connectivity index (χ1n) is 7.04. The van der Waals surface area contributed by atoms with E-state index in [9.17, 15) is 9.90 Å². The Balaban J connectivity index is 1.85. The molecular formula is C16H20N2O2. The maximum absolute atomic E-state index is 12.4. The molecular weight excluding hydrogens is 252 g/mol. The zero-order chi connectivity index (χ0) is 14.3. The zero-order valence-corrected chi connectivity index (χ0v) is 11.9. The number of H-pyrrole nitrogens is 1. The minimum absolute atomic E-state index is 0.0251. The number of aliphatic hydroxyl groups is 1. The highest BCUT2D eigenvalue weighted by Gasteiger charge is 2.42. The summed E-state index contributed by atoms with van der Waals surface area (Å²) in [7, 11) is 0. The molecule has 1 saturated carbocycles. The van der Waals surface area contributed by atoms with Gasteiger partial charge in [-0.2, -0.15) is 0 Å². The lowest BCUT2D eigenvalue weighted by molar-refractivity contribution is 0.0820. The summed E-state index contributed by atoms with van der Waals surface area (Å²) < 4.78 is 0. The lowest BCUT2D eigenvalue weighted by Gasteiger charge is -2.28. The predicted molar refractivity (Wildman–Crippen MR) is 78.7 cm³/mol. The van der Waals surface area contributed by atoms with E-state index in [2.05, 4.69) is 10.3 Å². The number of carbonyl (C=O) groups is 1. The summed E-state index contributed by atoms with van der Waals surface area (Å²) in [6.07, 6.45) is 2.15. The number of aryl methyl sites for hydroxylation is 1. The molecule has 1 aliphatic rings. The van der Waals surface area contributed by atoms with Gasteiger partial charge in [0.05, 0.1) is 12.1 Å². The van der Waals surface area contributed by atoms with Crippen molar-refractivity contribution in [2.45, 2.75) is 32.2 Å². The van der Waals surface area contributed by atoms with E-state index in [0.717, 1.165) is 29.3 Å². The number of hydrogen-bond donors (Lipinski definition) is 3. The second-order valence-electron chi connectivity index (χ2n) is 6.08. The molecule has 3 N–H and O–H groups in total. The van der Waals surface area contributed by atoms with E-state index < -0.39 is 5.54 Å². The Kier molecular flexibility index (Phi) is 3.05. The molecule has 106 valence electrons. The SMILES string of the molecule is Cc1ccc2cc(C(=O)NC(C)(CO)C3CC3)[nH]c2c1. The molecule has 1 amide bonds. The van der Waals surface area contributed by atoms with E-state index in [0.29, 0.717) is 11.6 Å². The van der Waals surface area contributed by atoms with Crippen molar-refractivity contribution >= 4 is 16.8 Å². The molecule has 0 aliphatic heterocycles. The van der Waals surface area contributed by atoms with Crippen LogP contribution in [-0.4, -0.2) is 28.1 Å². The van der Waals surface area contributed by atoms with Crippen molar-refractivity contribution in [3.05, 3.63) is 35.5 Å². The van der Waals surface area contributed by atoms with Crippen LogP contribution in [0.3, 0.4) is 0 Å². The third-order valence-electron chi connectivity index (χ3n) is 4.23. The molecule has 1 fully saturated rings. The Hall–Kier alpha value is -1.81. The van der Waals surface area contributed by atoms with Gasteiger partial charge in [0.15, 0.2) is 0 Å². The Morgan fingerprint density at radius 1 is 1.45 bits per heavy atom. The van der Waals surface area contributed by atoms with Gasteiger partial charge in [0.2, 0.25) is 0 Å². The molecule has 20 heavy (non-hydrogen) atoms. The Morgan fingerprint density at radius 2 is 2.20 bits per heavy atom. The molecule has 1 aromatic carbocycles. The quantitative estimate of drug-likeness (QED) is 0.800. The number of aliphatic hydroxyl groups excluding tert-OH is 1. The number of hydrogen-bond acceptors (Lipinski definition) is 2. The lowest BCUT2D eigenvalue weighted by Crippen LogP contribution is -2.50. The van der Waals surface area contributed by atoms with Gasteiger partial charge in [0, 0.05) is 10.9 Å². The molecule has 4 heteroatoms. The number of amides is 1. The first-order valence-corrected chi connectivity index (χ1v) is 7.04. The largest absolute Gasteiger partial charge is 0.394 e. The summed E-state index contributed by atoms with van der Waals surface area (Å²) >= 11 is 0. The van der Waals surface area contributed by atoms with Crippen molar-refractivity contribution in [1.29, 1.82) is 0 Å². The highest BCUT2D eigenvalue weighted by atomic mass is 16.3. The predicted octanol–water partition coefficient (Wildman–Crippen LogP) is 2.37. The summed E-state index contributed by atoms with van der Waals surface area (Å²) in [6, 6.07) is 7.91. The van der Waals surface area contributed by atoms with Crippen LogP contribution < -0.4 is 5.32 Å². The van der Waals surface area contributed by atoms with Crippen molar-refractivity contribution in [2.75, 3.05) is 6.61 Å². The maximum atomic E-state index is 12.4. The summed E-state index contributed by atoms with van der Waals surface area (Å²) in [5.74, 6) is 0.241. The minimum atomic E-state index is -0.510. The molecule has 2 aromatic rings. The van der Waals surface area contributed by atoms with E-state index in [-0.39, 0.29) is 12.5 Å². The van der Waals surface area contributed by atoms with Crippen LogP contribution in [0.5, 0.6) is 0 Å². The van der Waals surface area contributed by atoms with Crippen LogP contribution in [0.1, 0.15) is 35.8 Å². The van der Waals surface area contributed by atoms with Gasteiger partial charge in [-0.1, -0.05) is 12.1 Å². The number of aromatic nitrogens is 1. The van der Waals surface area contributed by atoms with Gasteiger partial charge in [-0.15, -0.1) is 0 Å². The van der Waals surface area contributed by atoms with Gasteiger partial charge in [-0.05, 0) is 50.3 Å².